The molecule has 0 radical (unpaired) electrons. The summed E-state index contributed by atoms with van der Waals surface area (Å²) in [5, 5.41) is 2.96. The Labute approximate surface area is 145 Å². The summed E-state index contributed by atoms with van der Waals surface area (Å²) in [5.74, 6) is 0.468. The van der Waals surface area contributed by atoms with Crippen molar-refractivity contribution < 1.29 is 4.79 Å². The number of carbonyl (C=O) groups is 1. The summed E-state index contributed by atoms with van der Waals surface area (Å²) in [6.45, 7) is 2.59. The van der Waals surface area contributed by atoms with Crippen molar-refractivity contribution in [3.8, 4) is 5.69 Å². The van der Waals surface area contributed by atoms with Crippen LogP contribution in [0.1, 0.15) is 11.1 Å². The lowest BCUT2D eigenvalue weighted by atomic mass is 10.2. The summed E-state index contributed by atoms with van der Waals surface area (Å²) >= 11 is 1.55. The molecule has 0 aliphatic heterocycles. The van der Waals surface area contributed by atoms with E-state index in [-0.39, 0.29) is 5.91 Å². The quantitative estimate of drug-likeness (QED) is 0.699. The zero-order chi connectivity index (χ0) is 16.8. The number of thioether (sulfide) groups is 1. The van der Waals surface area contributed by atoms with Crippen LogP contribution in [0.4, 0.5) is 0 Å². The van der Waals surface area contributed by atoms with Crippen molar-refractivity contribution in [1.29, 1.82) is 0 Å². The molecule has 3 rings (SSSR count). The molecule has 1 aromatic heterocycles. The summed E-state index contributed by atoms with van der Waals surface area (Å²) in [6, 6.07) is 16.3. The van der Waals surface area contributed by atoms with Gasteiger partial charge in [-0.05, 0) is 36.8 Å². The number of benzene rings is 2. The van der Waals surface area contributed by atoms with Crippen LogP contribution >= 0.6 is 11.8 Å². The molecular weight excluding hydrogens is 318 g/mol. The van der Waals surface area contributed by atoms with E-state index in [0.717, 1.165) is 16.1 Å². The van der Waals surface area contributed by atoms with Gasteiger partial charge in [0.25, 0.3) is 0 Å². The average molecular weight is 337 g/mol. The first-order chi connectivity index (χ1) is 11.7. The highest BCUT2D eigenvalue weighted by molar-refractivity contribution is 8.00. The van der Waals surface area contributed by atoms with Gasteiger partial charge in [0.05, 0.1) is 12.1 Å². The van der Waals surface area contributed by atoms with Gasteiger partial charge in [0.1, 0.15) is 0 Å². The van der Waals surface area contributed by atoms with E-state index in [0.29, 0.717) is 12.3 Å². The maximum absolute atomic E-state index is 12.0. The Kier molecular flexibility index (Phi) is 5.33. The molecule has 0 saturated carbocycles. The predicted octanol–water partition coefficient (Wildman–Crippen LogP) is 3.59. The highest BCUT2D eigenvalue weighted by Gasteiger charge is 2.03. The highest BCUT2D eigenvalue weighted by Crippen LogP contribution is 2.17. The molecule has 2 aromatic carbocycles. The first-order valence-corrected chi connectivity index (χ1v) is 8.73. The smallest absolute Gasteiger partial charge is 0.230 e. The van der Waals surface area contributed by atoms with E-state index >= 15 is 0 Å². The molecule has 3 aromatic rings. The Morgan fingerprint density at radius 1 is 1.12 bits per heavy atom. The monoisotopic (exact) mass is 337 g/mol. The first-order valence-electron chi connectivity index (χ1n) is 7.74. The molecular formula is C19H19N3OS. The van der Waals surface area contributed by atoms with Crippen LogP contribution in [0, 0.1) is 6.92 Å². The molecule has 0 spiro atoms. The fourth-order valence-electron chi connectivity index (χ4n) is 2.23. The van der Waals surface area contributed by atoms with Crippen LogP contribution in [0.3, 0.4) is 0 Å². The molecule has 1 N–H and O–H groups in total. The number of carbonyl (C=O) groups excluding carboxylic acids is 1. The SMILES string of the molecule is Cc1ccc(SCC(=O)NCc2ccc(-n3ccnc3)cc2)cc1. The van der Waals surface area contributed by atoms with Crippen LogP contribution in [-0.4, -0.2) is 21.2 Å². The van der Waals surface area contributed by atoms with Gasteiger partial charge in [0.15, 0.2) is 0 Å². The fraction of sp³-hybridized carbons (Fsp3) is 0.158. The Bertz CT molecular complexity index is 780. The molecule has 24 heavy (non-hydrogen) atoms. The third kappa shape index (κ3) is 4.49. The standard InChI is InChI=1S/C19H19N3OS/c1-15-2-8-18(9-3-15)24-13-19(23)21-12-16-4-6-17(7-5-16)22-11-10-20-14-22/h2-11,14H,12-13H2,1H3,(H,21,23). The summed E-state index contributed by atoms with van der Waals surface area (Å²) in [4.78, 5) is 17.1. The minimum atomic E-state index is 0.0410. The maximum atomic E-state index is 12.0. The van der Waals surface area contributed by atoms with Gasteiger partial charge in [-0.3, -0.25) is 4.79 Å². The third-order valence-electron chi connectivity index (χ3n) is 3.62. The van der Waals surface area contributed by atoms with Crippen LogP contribution in [0.2, 0.25) is 0 Å². The third-order valence-corrected chi connectivity index (χ3v) is 4.63. The lowest BCUT2D eigenvalue weighted by Crippen LogP contribution is -2.24. The van der Waals surface area contributed by atoms with Gasteiger partial charge in [-0.15, -0.1) is 11.8 Å². The second-order valence-corrected chi connectivity index (χ2v) is 6.56. The lowest BCUT2D eigenvalue weighted by molar-refractivity contribution is -0.118. The number of hydrogen-bond donors (Lipinski definition) is 1. The van der Waals surface area contributed by atoms with Gasteiger partial charge >= 0.3 is 0 Å². The fourth-order valence-corrected chi connectivity index (χ4v) is 2.96. The van der Waals surface area contributed by atoms with Crippen molar-refractivity contribution in [1.82, 2.24) is 14.9 Å². The minimum absolute atomic E-state index is 0.0410. The predicted molar refractivity (Wildman–Crippen MR) is 97.3 cm³/mol. The number of hydrogen-bond acceptors (Lipinski definition) is 3. The second kappa shape index (κ2) is 7.84. The number of amides is 1. The van der Waals surface area contributed by atoms with Crippen LogP contribution in [0.25, 0.3) is 5.69 Å². The molecule has 1 heterocycles. The average Bonchev–Trinajstić information content (AvgIpc) is 3.14. The second-order valence-electron chi connectivity index (χ2n) is 5.51. The molecule has 0 bridgehead atoms. The number of nitrogens with zero attached hydrogens (tertiary/aromatic N) is 2. The van der Waals surface area contributed by atoms with Crippen molar-refractivity contribution in [3.63, 3.8) is 0 Å². The normalized spacial score (nSPS) is 10.5. The van der Waals surface area contributed by atoms with Crippen molar-refractivity contribution >= 4 is 17.7 Å². The summed E-state index contributed by atoms with van der Waals surface area (Å²) in [7, 11) is 0. The maximum Gasteiger partial charge on any atom is 0.230 e. The van der Waals surface area contributed by atoms with Crippen molar-refractivity contribution in [2.75, 3.05) is 5.75 Å². The summed E-state index contributed by atoms with van der Waals surface area (Å²) < 4.78 is 1.95. The van der Waals surface area contributed by atoms with E-state index in [1.54, 1.807) is 24.3 Å². The van der Waals surface area contributed by atoms with Crippen molar-refractivity contribution in [2.45, 2.75) is 18.4 Å². The number of aromatic nitrogens is 2. The Balaban J connectivity index is 1.46. The molecule has 0 aliphatic carbocycles. The van der Waals surface area contributed by atoms with E-state index < -0.39 is 0 Å². The van der Waals surface area contributed by atoms with Crippen LogP contribution < -0.4 is 5.32 Å². The Morgan fingerprint density at radius 2 is 1.88 bits per heavy atom. The van der Waals surface area contributed by atoms with Gasteiger partial charge in [-0.1, -0.05) is 29.8 Å². The summed E-state index contributed by atoms with van der Waals surface area (Å²) in [5.41, 5.74) is 3.35. The molecule has 1 amide bonds. The zero-order valence-electron chi connectivity index (χ0n) is 13.5. The molecule has 122 valence electrons. The van der Waals surface area contributed by atoms with Crippen LogP contribution in [0.5, 0.6) is 0 Å². The highest BCUT2D eigenvalue weighted by atomic mass is 32.2. The van der Waals surface area contributed by atoms with Crippen LogP contribution in [-0.2, 0) is 11.3 Å². The van der Waals surface area contributed by atoms with E-state index in [2.05, 4.69) is 29.4 Å². The van der Waals surface area contributed by atoms with E-state index in [1.807, 2.05) is 47.2 Å². The zero-order valence-corrected chi connectivity index (χ0v) is 14.3. The number of aryl methyl sites for hydroxylation is 1. The largest absolute Gasteiger partial charge is 0.351 e. The molecule has 0 aliphatic rings. The van der Waals surface area contributed by atoms with Gasteiger partial charge in [-0.2, -0.15) is 0 Å². The van der Waals surface area contributed by atoms with Gasteiger partial charge in [0.2, 0.25) is 5.91 Å². The number of nitrogens with one attached hydrogen (secondary N) is 1. The van der Waals surface area contributed by atoms with Gasteiger partial charge in [-0.25, -0.2) is 4.98 Å². The van der Waals surface area contributed by atoms with Crippen molar-refractivity contribution in [2.24, 2.45) is 0 Å². The molecule has 0 saturated heterocycles. The molecule has 0 fully saturated rings. The van der Waals surface area contributed by atoms with Gasteiger partial charge in [0, 0.05) is 29.5 Å². The van der Waals surface area contributed by atoms with Crippen LogP contribution in [0.15, 0.2) is 72.1 Å². The van der Waals surface area contributed by atoms with E-state index in [9.17, 15) is 4.79 Å². The Morgan fingerprint density at radius 3 is 2.54 bits per heavy atom. The topological polar surface area (TPSA) is 46.9 Å². The number of rotatable bonds is 6. The van der Waals surface area contributed by atoms with E-state index in [1.165, 1.54) is 5.56 Å². The van der Waals surface area contributed by atoms with Crippen molar-refractivity contribution in [3.05, 3.63) is 78.4 Å². The first kappa shape index (κ1) is 16.3. The van der Waals surface area contributed by atoms with Gasteiger partial charge < -0.3 is 9.88 Å². The van der Waals surface area contributed by atoms with E-state index in [4.69, 9.17) is 0 Å². The lowest BCUT2D eigenvalue weighted by Gasteiger charge is -2.07. The Hall–Kier alpha value is -2.53. The molecule has 4 nitrogen and oxygen atoms in total. The molecule has 0 atom stereocenters. The number of imidazole rings is 1. The molecule has 0 unspecified atom stereocenters. The minimum Gasteiger partial charge on any atom is -0.351 e. The molecule has 5 heteroatoms. The summed E-state index contributed by atoms with van der Waals surface area (Å²) in [6.07, 6.45) is 5.41.